The first-order chi connectivity index (χ1) is 6.93. The third-order valence-electron chi connectivity index (χ3n) is 4.37. The second-order valence-corrected chi connectivity index (χ2v) is 5.12. The molecule has 0 saturated carbocycles. The normalized spacial score (nSPS) is 27.4. The molecule has 14 heavy (non-hydrogen) atoms. The molecular weight excluding hydrogens is 168 g/mol. The van der Waals surface area contributed by atoms with E-state index >= 15 is 0 Å². The van der Waals surface area contributed by atoms with Gasteiger partial charge in [0.25, 0.3) is 0 Å². The van der Waals surface area contributed by atoms with Crippen molar-refractivity contribution >= 4 is 0 Å². The van der Waals surface area contributed by atoms with Crippen LogP contribution in [-0.2, 0) is 0 Å². The van der Waals surface area contributed by atoms with Crippen LogP contribution in [0.3, 0.4) is 0 Å². The molecular formula is C14H20. The Balaban J connectivity index is 1.79. The van der Waals surface area contributed by atoms with Crippen LogP contribution >= 0.6 is 0 Å². The second-order valence-electron chi connectivity index (χ2n) is 5.12. The highest BCUT2D eigenvalue weighted by Crippen LogP contribution is 2.41. The van der Waals surface area contributed by atoms with Crippen molar-refractivity contribution in [1.29, 1.82) is 0 Å². The summed E-state index contributed by atoms with van der Waals surface area (Å²) < 4.78 is 0. The minimum absolute atomic E-state index is 1.41. The zero-order chi connectivity index (χ0) is 9.38. The summed E-state index contributed by atoms with van der Waals surface area (Å²) in [6, 6.07) is 0. The van der Waals surface area contributed by atoms with Gasteiger partial charge in [0.05, 0.1) is 0 Å². The van der Waals surface area contributed by atoms with E-state index in [2.05, 4.69) is 0 Å². The molecule has 0 spiro atoms. The van der Waals surface area contributed by atoms with Crippen molar-refractivity contribution in [3.63, 3.8) is 0 Å². The molecule has 0 aromatic carbocycles. The average Bonchev–Trinajstić information content (AvgIpc) is 2.75. The van der Waals surface area contributed by atoms with Gasteiger partial charge in [0, 0.05) is 0 Å². The van der Waals surface area contributed by atoms with E-state index in [1.54, 1.807) is 0 Å². The lowest BCUT2D eigenvalue weighted by atomic mass is 9.92. The standard InChI is InChI=1S/C14H20/c1-3-11-7-9-13-5-2-6-14(13)10-8-12(11)4-1/h1-10H2. The maximum Gasteiger partial charge on any atom is -0.0280 e. The van der Waals surface area contributed by atoms with E-state index in [-0.39, 0.29) is 0 Å². The van der Waals surface area contributed by atoms with Gasteiger partial charge < -0.3 is 0 Å². The first kappa shape index (κ1) is 8.76. The lowest BCUT2D eigenvalue weighted by Gasteiger charge is -2.14. The zero-order valence-electron chi connectivity index (χ0n) is 9.07. The Bertz CT molecular complexity index is 244. The summed E-state index contributed by atoms with van der Waals surface area (Å²) in [5.41, 5.74) is 7.40. The van der Waals surface area contributed by atoms with Crippen LogP contribution in [0.15, 0.2) is 22.3 Å². The molecule has 0 aromatic rings. The first-order valence-corrected chi connectivity index (χ1v) is 6.33. The summed E-state index contributed by atoms with van der Waals surface area (Å²) in [4.78, 5) is 0. The molecule has 0 heteroatoms. The summed E-state index contributed by atoms with van der Waals surface area (Å²) in [6.07, 6.45) is 14.3. The largest absolute Gasteiger partial charge is 0.0707 e. The Labute approximate surface area is 87.1 Å². The third-order valence-corrected chi connectivity index (χ3v) is 4.37. The van der Waals surface area contributed by atoms with Crippen LogP contribution in [0.4, 0.5) is 0 Å². The predicted molar refractivity (Wildman–Crippen MR) is 60.2 cm³/mol. The van der Waals surface area contributed by atoms with Gasteiger partial charge in [-0.15, -0.1) is 0 Å². The molecule has 3 aliphatic rings. The van der Waals surface area contributed by atoms with Gasteiger partial charge in [0.1, 0.15) is 0 Å². The number of rotatable bonds is 0. The van der Waals surface area contributed by atoms with E-state index in [0.717, 1.165) is 0 Å². The van der Waals surface area contributed by atoms with Crippen molar-refractivity contribution in [2.24, 2.45) is 0 Å². The van der Waals surface area contributed by atoms with Crippen LogP contribution in [-0.4, -0.2) is 0 Å². The van der Waals surface area contributed by atoms with Crippen LogP contribution in [0.25, 0.3) is 0 Å². The molecule has 0 radical (unpaired) electrons. The van der Waals surface area contributed by atoms with Crippen LogP contribution in [0.5, 0.6) is 0 Å². The predicted octanol–water partition coefficient (Wildman–Crippen LogP) is 4.52. The third kappa shape index (κ3) is 1.45. The molecule has 0 aromatic heterocycles. The Morgan fingerprint density at radius 1 is 0.357 bits per heavy atom. The Kier molecular flexibility index (Phi) is 2.23. The maximum absolute atomic E-state index is 1.85. The number of allylic oxidation sites excluding steroid dienone is 4. The molecule has 0 atom stereocenters. The van der Waals surface area contributed by atoms with Crippen LogP contribution in [0.1, 0.15) is 64.2 Å². The fourth-order valence-corrected chi connectivity index (χ4v) is 3.55. The highest BCUT2D eigenvalue weighted by molar-refractivity contribution is 5.28. The molecule has 3 rings (SSSR count). The van der Waals surface area contributed by atoms with E-state index < -0.39 is 0 Å². The van der Waals surface area contributed by atoms with E-state index in [1.165, 1.54) is 64.2 Å². The van der Waals surface area contributed by atoms with E-state index in [0.29, 0.717) is 0 Å². The Morgan fingerprint density at radius 3 is 0.929 bits per heavy atom. The lowest BCUT2D eigenvalue weighted by Crippen LogP contribution is -1.95. The summed E-state index contributed by atoms with van der Waals surface area (Å²) in [5.74, 6) is 0. The van der Waals surface area contributed by atoms with Crippen LogP contribution < -0.4 is 0 Å². The van der Waals surface area contributed by atoms with E-state index in [4.69, 9.17) is 0 Å². The molecule has 0 nitrogen and oxygen atoms in total. The summed E-state index contributed by atoms with van der Waals surface area (Å²) in [6.45, 7) is 0. The van der Waals surface area contributed by atoms with Gasteiger partial charge in [-0.1, -0.05) is 22.3 Å². The molecule has 0 unspecified atom stereocenters. The fourth-order valence-electron chi connectivity index (χ4n) is 3.55. The van der Waals surface area contributed by atoms with Gasteiger partial charge in [0.2, 0.25) is 0 Å². The quantitative estimate of drug-likeness (QED) is 0.490. The molecule has 0 heterocycles. The molecule has 0 fully saturated rings. The number of hydrogen-bond acceptors (Lipinski definition) is 0. The molecule has 76 valence electrons. The minimum atomic E-state index is 1.41. The Morgan fingerprint density at radius 2 is 0.643 bits per heavy atom. The maximum atomic E-state index is 1.85. The molecule has 0 N–H and O–H groups in total. The van der Waals surface area contributed by atoms with Crippen molar-refractivity contribution in [1.82, 2.24) is 0 Å². The van der Waals surface area contributed by atoms with Gasteiger partial charge in [-0.2, -0.15) is 0 Å². The summed E-state index contributed by atoms with van der Waals surface area (Å²) in [5, 5.41) is 0. The van der Waals surface area contributed by atoms with E-state index in [1.807, 2.05) is 22.3 Å². The van der Waals surface area contributed by atoms with E-state index in [9.17, 15) is 0 Å². The topological polar surface area (TPSA) is 0 Å². The van der Waals surface area contributed by atoms with Crippen LogP contribution in [0.2, 0.25) is 0 Å². The highest BCUT2D eigenvalue weighted by Gasteiger charge is 2.21. The van der Waals surface area contributed by atoms with Crippen molar-refractivity contribution in [2.75, 3.05) is 0 Å². The van der Waals surface area contributed by atoms with Gasteiger partial charge in [-0.05, 0) is 64.2 Å². The van der Waals surface area contributed by atoms with Crippen molar-refractivity contribution in [3.05, 3.63) is 22.3 Å². The Hall–Kier alpha value is -0.520. The van der Waals surface area contributed by atoms with Crippen molar-refractivity contribution in [3.8, 4) is 0 Å². The molecule has 0 saturated heterocycles. The molecule has 0 aliphatic heterocycles. The fraction of sp³-hybridized carbons (Fsp3) is 0.714. The summed E-state index contributed by atoms with van der Waals surface area (Å²) in [7, 11) is 0. The lowest BCUT2D eigenvalue weighted by molar-refractivity contribution is 0.800. The SMILES string of the molecule is C1CC2=C(C1)CCC1=C(CCC1)CC2. The van der Waals surface area contributed by atoms with Crippen LogP contribution in [0, 0.1) is 0 Å². The van der Waals surface area contributed by atoms with Crippen molar-refractivity contribution in [2.45, 2.75) is 64.2 Å². The monoisotopic (exact) mass is 188 g/mol. The van der Waals surface area contributed by atoms with Gasteiger partial charge in [-0.25, -0.2) is 0 Å². The molecule has 0 amide bonds. The van der Waals surface area contributed by atoms with Crippen molar-refractivity contribution < 1.29 is 0 Å². The average molecular weight is 188 g/mol. The number of hydrogen-bond donors (Lipinski definition) is 0. The molecule has 0 bridgehead atoms. The summed E-state index contributed by atoms with van der Waals surface area (Å²) >= 11 is 0. The minimum Gasteiger partial charge on any atom is -0.0707 e. The van der Waals surface area contributed by atoms with Gasteiger partial charge in [-0.3, -0.25) is 0 Å². The zero-order valence-corrected chi connectivity index (χ0v) is 9.07. The highest BCUT2D eigenvalue weighted by atomic mass is 14.3. The molecule has 3 aliphatic carbocycles. The van der Waals surface area contributed by atoms with Gasteiger partial charge in [0.15, 0.2) is 0 Å². The van der Waals surface area contributed by atoms with Gasteiger partial charge >= 0.3 is 0 Å². The smallest absolute Gasteiger partial charge is 0.0280 e. The second kappa shape index (κ2) is 3.56. The first-order valence-electron chi connectivity index (χ1n) is 6.33.